The third kappa shape index (κ3) is 4.53. The van der Waals surface area contributed by atoms with Crippen LogP contribution in [0.3, 0.4) is 0 Å². The number of nitrogens with one attached hydrogen (secondary N) is 2. The SMILES string of the molecule is COc1cccc(C)c1C(=O)NCc1ccc(-c2nn3c(c2C(N)=O)Nc2ccccc2CC3)cc1C. The third-order valence-corrected chi connectivity index (χ3v) is 6.80. The van der Waals surface area contributed by atoms with Crippen molar-refractivity contribution in [3.63, 3.8) is 0 Å². The second kappa shape index (κ2) is 9.81. The molecule has 0 bridgehead atoms. The minimum atomic E-state index is -0.538. The van der Waals surface area contributed by atoms with Gasteiger partial charge in [-0.15, -0.1) is 0 Å². The molecule has 5 rings (SSSR count). The molecule has 0 atom stereocenters. The minimum Gasteiger partial charge on any atom is -0.496 e. The maximum atomic E-state index is 12.9. The first-order valence-electron chi connectivity index (χ1n) is 12.1. The maximum absolute atomic E-state index is 12.9. The zero-order valence-corrected chi connectivity index (χ0v) is 21.1. The van der Waals surface area contributed by atoms with Gasteiger partial charge in [-0.1, -0.05) is 42.5 Å². The van der Waals surface area contributed by atoms with Crippen LogP contribution in [0.25, 0.3) is 11.3 Å². The average molecular weight is 496 g/mol. The van der Waals surface area contributed by atoms with Crippen molar-refractivity contribution in [3.05, 3.63) is 94.0 Å². The number of benzene rings is 3. The van der Waals surface area contributed by atoms with Crippen LogP contribution in [0.15, 0.2) is 60.7 Å². The van der Waals surface area contributed by atoms with Gasteiger partial charge in [-0.05, 0) is 60.7 Å². The van der Waals surface area contributed by atoms with Crippen molar-refractivity contribution in [3.8, 4) is 17.0 Å². The number of aryl methyl sites for hydroxylation is 4. The van der Waals surface area contributed by atoms with Gasteiger partial charge < -0.3 is 21.1 Å². The fourth-order valence-electron chi connectivity index (χ4n) is 4.81. The van der Waals surface area contributed by atoms with Crippen molar-refractivity contribution in [2.45, 2.75) is 33.4 Å². The van der Waals surface area contributed by atoms with Gasteiger partial charge in [0.05, 0.1) is 12.7 Å². The number of aromatic nitrogens is 2. The second-order valence-corrected chi connectivity index (χ2v) is 9.17. The molecule has 37 heavy (non-hydrogen) atoms. The van der Waals surface area contributed by atoms with Crippen molar-refractivity contribution in [1.82, 2.24) is 15.1 Å². The van der Waals surface area contributed by atoms with Gasteiger partial charge in [-0.3, -0.25) is 9.59 Å². The predicted octanol–water partition coefficient (Wildman–Crippen LogP) is 4.50. The van der Waals surface area contributed by atoms with E-state index in [4.69, 9.17) is 15.6 Å². The molecule has 1 aliphatic heterocycles. The van der Waals surface area contributed by atoms with E-state index in [-0.39, 0.29) is 5.91 Å². The summed E-state index contributed by atoms with van der Waals surface area (Å²) in [6.07, 6.45) is 0.791. The Labute approximate surface area is 215 Å². The molecule has 188 valence electrons. The van der Waals surface area contributed by atoms with Gasteiger partial charge in [0.15, 0.2) is 0 Å². The Kier molecular flexibility index (Phi) is 6.40. The summed E-state index contributed by atoms with van der Waals surface area (Å²) in [6, 6.07) is 19.3. The number of nitrogens with zero attached hydrogens (tertiary/aromatic N) is 2. The number of ether oxygens (including phenoxy) is 1. The molecule has 0 radical (unpaired) electrons. The number of carbonyl (C=O) groups is 2. The van der Waals surface area contributed by atoms with Crippen LogP contribution in [-0.4, -0.2) is 28.7 Å². The lowest BCUT2D eigenvalue weighted by Gasteiger charge is -2.13. The molecule has 0 aliphatic carbocycles. The van der Waals surface area contributed by atoms with E-state index in [9.17, 15) is 9.59 Å². The smallest absolute Gasteiger partial charge is 0.255 e. The molecule has 8 heteroatoms. The molecule has 2 amide bonds. The number of hydrogen-bond donors (Lipinski definition) is 3. The highest BCUT2D eigenvalue weighted by atomic mass is 16.5. The summed E-state index contributed by atoms with van der Waals surface area (Å²) in [5.41, 5.74) is 12.9. The number of para-hydroxylation sites is 1. The highest BCUT2D eigenvalue weighted by Gasteiger charge is 2.26. The first kappa shape index (κ1) is 24.1. The van der Waals surface area contributed by atoms with Crippen molar-refractivity contribution in [2.75, 3.05) is 12.4 Å². The lowest BCUT2D eigenvalue weighted by atomic mass is 10.0. The molecule has 2 heterocycles. The summed E-state index contributed by atoms with van der Waals surface area (Å²) in [5.74, 6) is 0.413. The normalized spacial score (nSPS) is 12.1. The molecule has 4 N–H and O–H groups in total. The highest BCUT2D eigenvalue weighted by Crippen LogP contribution is 2.34. The molecule has 3 aromatic carbocycles. The fraction of sp³-hybridized carbons (Fsp3) is 0.207. The Bertz CT molecular complexity index is 1520. The molecule has 0 saturated heterocycles. The lowest BCUT2D eigenvalue weighted by molar-refractivity contribution is 0.0946. The van der Waals surface area contributed by atoms with Crippen molar-refractivity contribution >= 4 is 23.3 Å². The summed E-state index contributed by atoms with van der Waals surface area (Å²) in [7, 11) is 1.55. The molecule has 1 aliphatic rings. The highest BCUT2D eigenvalue weighted by molar-refractivity contribution is 6.04. The zero-order chi connectivity index (χ0) is 26.1. The van der Waals surface area contributed by atoms with Crippen LogP contribution < -0.4 is 21.1 Å². The van der Waals surface area contributed by atoms with Crippen LogP contribution in [0.2, 0.25) is 0 Å². The van der Waals surface area contributed by atoms with Crippen molar-refractivity contribution in [1.29, 1.82) is 0 Å². The van der Waals surface area contributed by atoms with Gasteiger partial charge >= 0.3 is 0 Å². The Morgan fingerprint density at radius 2 is 1.86 bits per heavy atom. The van der Waals surface area contributed by atoms with E-state index in [1.54, 1.807) is 13.2 Å². The largest absolute Gasteiger partial charge is 0.496 e. The molecule has 0 saturated carbocycles. The lowest BCUT2D eigenvalue weighted by Crippen LogP contribution is -2.24. The van der Waals surface area contributed by atoms with Crippen LogP contribution >= 0.6 is 0 Å². The van der Waals surface area contributed by atoms with E-state index in [2.05, 4.69) is 16.7 Å². The number of nitrogens with two attached hydrogens (primary N) is 1. The number of rotatable bonds is 6. The molecule has 0 spiro atoms. The predicted molar refractivity (Wildman–Crippen MR) is 143 cm³/mol. The van der Waals surface area contributed by atoms with Crippen LogP contribution in [0.1, 0.15) is 43.0 Å². The summed E-state index contributed by atoms with van der Waals surface area (Å²) in [5, 5.41) is 11.1. The van der Waals surface area contributed by atoms with Gasteiger partial charge in [-0.25, -0.2) is 4.68 Å². The number of anilines is 2. The van der Waals surface area contributed by atoms with Gasteiger partial charge in [0, 0.05) is 24.3 Å². The third-order valence-electron chi connectivity index (χ3n) is 6.80. The van der Waals surface area contributed by atoms with E-state index in [1.165, 1.54) is 0 Å². The second-order valence-electron chi connectivity index (χ2n) is 9.17. The van der Waals surface area contributed by atoms with E-state index in [0.29, 0.717) is 41.5 Å². The maximum Gasteiger partial charge on any atom is 0.255 e. The first-order chi connectivity index (χ1) is 17.9. The van der Waals surface area contributed by atoms with Crippen molar-refractivity contribution in [2.24, 2.45) is 5.73 Å². The van der Waals surface area contributed by atoms with E-state index in [1.807, 2.05) is 67.1 Å². The molecular formula is C29H29N5O3. The fourth-order valence-corrected chi connectivity index (χ4v) is 4.81. The van der Waals surface area contributed by atoms with E-state index >= 15 is 0 Å². The van der Waals surface area contributed by atoms with Crippen molar-refractivity contribution < 1.29 is 14.3 Å². The summed E-state index contributed by atoms with van der Waals surface area (Å²) < 4.78 is 7.18. The molecular weight excluding hydrogens is 466 g/mol. The van der Waals surface area contributed by atoms with E-state index in [0.717, 1.165) is 39.9 Å². The van der Waals surface area contributed by atoms with Gasteiger partial charge in [0.1, 0.15) is 22.8 Å². The monoisotopic (exact) mass is 495 g/mol. The molecule has 0 unspecified atom stereocenters. The topological polar surface area (TPSA) is 111 Å². The summed E-state index contributed by atoms with van der Waals surface area (Å²) >= 11 is 0. The Morgan fingerprint density at radius 3 is 2.62 bits per heavy atom. The number of methoxy groups -OCH3 is 1. The van der Waals surface area contributed by atoms with Crippen LogP contribution in [0, 0.1) is 13.8 Å². The van der Waals surface area contributed by atoms with Crippen LogP contribution in [-0.2, 0) is 19.5 Å². The molecule has 4 aromatic rings. The quantitative estimate of drug-likeness (QED) is 0.365. The number of carbonyl (C=O) groups excluding carboxylic acids is 2. The number of hydrogen-bond acceptors (Lipinski definition) is 5. The Hall–Kier alpha value is -4.59. The Morgan fingerprint density at radius 1 is 1.05 bits per heavy atom. The zero-order valence-electron chi connectivity index (χ0n) is 21.1. The molecule has 0 fully saturated rings. The number of fused-ring (bicyclic) bond motifs is 2. The Balaban J connectivity index is 1.42. The summed E-state index contributed by atoms with van der Waals surface area (Å²) in [4.78, 5) is 25.5. The van der Waals surface area contributed by atoms with Crippen LogP contribution in [0.5, 0.6) is 5.75 Å². The summed E-state index contributed by atoms with van der Waals surface area (Å²) in [6.45, 7) is 4.83. The van der Waals surface area contributed by atoms with Gasteiger partial charge in [-0.2, -0.15) is 5.10 Å². The minimum absolute atomic E-state index is 0.196. The van der Waals surface area contributed by atoms with Gasteiger partial charge in [0.25, 0.3) is 11.8 Å². The number of primary amides is 1. The number of amides is 2. The molecule has 8 nitrogen and oxygen atoms in total. The van der Waals surface area contributed by atoms with Crippen LogP contribution in [0.4, 0.5) is 11.5 Å². The average Bonchev–Trinajstić information content (AvgIpc) is 3.15. The standard InChI is InChI=1S/C29H29N5O3/c1-17-7-6-10-23(37-3)24(17)29(36)31-16-21-12-11-20(15-18(21)2)26-25(27(30)35)28-32-22-9-5-4-8-19(22)13-14-34(28)33-26/h4-12,15,32H,13-14,16H2,1-3H3,(H2,30,35)(H,31,36). The first-order valence-corrected chi connectivity index (χ1v) is 12.1. The van der Waals surface area contributed by atoms with Gasteiger partial charge in [0.2, 0.25) is 0 Å². The van der Waals surface area contributed by atoms with E-state index < -0.39 is 5.91 Å². The molecule has 1 aromatic heterocycles.